The quantitative estimate of drug-likeness (QED) is 0.832. The van der Waals surface area contributed by atoms with Gasteiger partial charge in [0.05, 0.1) is 7.11 Å². The van der Waals surface area contributed by atoms with E-state index in [-0.39, 0.29) is 0 Å². The van der Waals surface area contributed by atoms with E-state index < -0.39 is 0 Å². The Bertz CT molecular complexity index is 349. The van der Waals surface area contributed by atoms with Crippen molar-refractivity contribution < 1.29 is 4.74 Å². The van der Waals surface area contributed by atoms with Crippen LogP contribution in [0.15, 0.2) is 29.8 Å². The third-order valence-corrected chi connectivity index (χ3v) is 2.24. The standard InChI is InChI=1S/C12H16ClNO/c1-9-6-11(4-5-12(9)15-3)8-14-7-10(2)13/h4-6,14H,2,7-8H2,1,3H3. The lowest BCUT2D eigenvalue weighted by Gasteiger charge is -2.08. The van der Waals surface area contributed by atoms with E-state index in [9.17, 15) is 0 Å². The average molecular weight is 226 g/mol. The van der Waals surface area contributed by atoms with Gasteiger partial charge >= 0.3 is 0 Å². The summed E-state index contributed by atoms with van der Waals surface area (Å²) in [4.78, 5) is 0. The fourth-order valence-electron chi connectivity index (χ4n) is 1.39. The van der Waals surface area contributed by atoms with Gasteiger partial charge in [0.15, 0.2) is 0 Å². The van der Waals surface area contributed by atoms with E-state index in [1.165, 1.54) is 5.56 Å². The molecule has 1 N–H and O–H groups in total. The molecule has 2 nitrogen and oxygen atoms in total. The highest BCUT2D eigenvalue weighted by molar-refractivity contribution is 6.29. The average Bonchev–Trinajstić information content (AvgIpc) is 2.17. The maximum absolute atomic E-state index is 5.65. The third kappa shape index (κ3) is 3.94. The van der Waals surface area contributed by atoms with Crippen molar-refractivity contribution in [3.63, 3.8) is 0 Å². The van der Waals surface area contributed by atoms with Gasteiger partial charge in [-0.25, -0.2) is 0 Å². The molecule has 0 aliphatic rings. The van der Waals surface area contributed by atoms with Crippen LogP contribution in [0.1, 0.15) is 11.1 Å². The maximum atomic E-state index is 5.65. The predicted octanol–water partition coefficient (Wildman–Crippen LogP) is 2.85. The number of rotatable bonds is 5. The number of hydrogen-bond donors (Lipinski definition) is 1. The second-order valence-corrected chi connectivity index (χ2v) is 3.96. The van der Waals surface area contributed by atoms with Crippen molar-refractivity contribution in [2.24, 2.45) is 0 Å². The molecule has 0 atom stereocenters. The molecule has 0 fully saturated rings. The van der Waals surface area contributed by atoms with Crippen LogP contribution in [-0.4, -0.2) is 13.7 Å². The largest absolute Gasteiger partial charge is 0.496 e. The Morgan fingerprint density at radius 3 is 2.80 bits per heavy atom. The molecule has 0 radical (unpaired) electrons. The monoisotopic (exact) mass is 225 g/mol. The molecule has 0 amide bonds. The minimum absolute atomic E-state index is 0.625. The van der Waals surface area contributed by atoms with Gasteiger partial charge in [-0.2, -0.15) is 0 Å². The lowest BCUT2D eigenvalue weighted by Crippen LogP contribution is -2.14. The molecule has 0 aliphatic heterocycles. The van der Waals surface area contributed by atoms with E-state index in [2.05, 4.69) is 18.0 Å². The molecule has 0 aliphatic carbocycles. The molecule has 0 bridgehead atoms. The first kappa shape index (κ1) is 12.1. The summed E-state index contributed by atoms with van der Waals surface area (Å²) >= 11 is 5.65. The zero-order chi connectivity index (χ0) is 11.3. The van der Waals surface area contributed by atoms with Crippen LogP contribution in [0.2, 0.25) is 0 Å². The first-order chi connectivity index (χ1) is 7.13. The highest BCUT2D eigenvalue weighted by Crippen LogP contribution is 2.18. The minimum Gasteiger partial charge on any atom is -0.496 e. The molecule has 0 aromatic heterocycles. The van der Waals surface area contributed by atoms with Crippen LogP contribution in [-0.2, 0) is 6.54 Å². The smallest absolute Gasteiger partial charge is 0.121 e. The topological polar surface area (TPSA) is 21.3 Å². The van der Waals surface area contributed by atoms with Crippen molar-refractivity contribution >= 4 is 11.6 Å². The molecule has 1 aromatic rings. The molecule has 1 aromatic carbocycles. The lowest BCUT2D eigenvalue weighted by atomic mass is 10.1. The zero-order valence-corrected chi connectivity index (χ0v) is 9.90. The molecular formula is C12H16ClNO. The number of ether oxygens (including phenoxy) is 1. The summed E-state index contributed by atoms with van der Waals surface area (Å²) in [7, 11) is 1.68. The summed E-state index contributed by atoms with van der Waals surface area (Å²) in [6.07, 6.45) is 0. The van der Waals surface area contributed by atoms with Crippen molar-refractivity contribution in [3.8, 4) is 5.75 Å². The molecule has 0 spiro atoms. The van der Waals surface area contributed by atoms with Gasteiger partial charge in [-0.05, 0) is 24.1 Å². The summed E-state index contributed by atoms with van der Waals surface area (Å²) < 4.78 is 5.19. The van der Waals surface area contributed by atoms with Crippen molar-refractivity contribution in [1.82, 2.24) is 5.32 Å². The van der Waals surface area contributed by atoms with Crippen molar-refractivity contribution in [3.05, 3.63) is 40.9 Å². The Morgan fingerprint density at radius 1 is 1.53 bits per heavy atom. The third-order valence-electron chi connectivity index (χ3n) is 2.11. The molecular weight excluding hydrogens is 210 g/mol. The number of aryl methyl sites for hydroxylation is 1. The van der Waals surface area contributed by atoms with E-state index in [0.717, 1.165) is 17.9 Å². The number of halogens is 1. The zero-order valence-electron chi connectivity index (χ0n) is 9.14. The van der Waals surface area contributed by atoms with Crippen molar-refractivity contribution in [2.75, 3.05) is 13.7 Å². The Kier molecular flexibility index (Phi) is 4.66. The summed E-state index contributed by atoms with van der Waals surface area (Å²) in [5.41, 5.74) is 2.35. The van der Waals surface area contributed by atoms with Gasteiger partial charge in [-0.15, -0.1) is 0 Å². The second kappa shape index (κ2) is 5.79. The van der Waals surface area contributed by atoms with Crippen LogP contribution < -0.4 is 10.1 Å². The van der Waals surface area contributed by atoms with Crippen molar-refractivity contribution in [2.45, 2.75) is 13.5 Å². The molecule has 1 rings (SSSR count). The van der Waals surface area contributed by atoms with Crippen molar-refractivity contribution in [1.29, 1.82) is 0 Å². The Labute approximate surface area is 95.9 Å². The highest BCUT2D eigenvalue weighted by atomic mass is 35.5. The fourth-order valence-corrected chi connectivity index (χ4v) is 1.49. The van der Waals surface area contributed by atoms with Crippen LogP contribution >= 0.6 is 11.6 Å². The van der Waals surface area contributed by atoms with E-state index in [1.54, 1.807) is 7.11 Å². The number of benzene rings is 1. The molecule has 82 valence electrons. The lowest BCUT2D eigenvalue weighted by molar-refractivity contribution is 0.411. The number of hydrogen-bond acceptors (Lipinski definition) is 2. The van der Waals surface area contributed by atoms with Gasteiger partial charge in [-0.3, -0.25) is 0 Å². The summed E-state index contributed by atoms with van der Waals surface area (Å²) in [6, 6.07) is 6.11. The van der Waals surface area contributed by atoms with Gasteiger partial charge < -0.3 is 10.1 Å². The van der Waals surface area contributed by atoms with Crippen LogP contribution in [0.3, 0.4) is 0 Å². The molecule has 3 heteroatoms. The van der Waals surface area contributed by atoms with Gasteiger partial charge in [0.25, 0.3) is 0 Å². The minimum atomic E-state index is 0.625. The SMILES string of the molecule is C=C(Cl)CNCc1ccc(OC)c(C)c1. The fraction of sp³-hybridized carbons (Fsp3) is 0.333. The van der Waals surface area contributed by atoms with E-state index >= 15 is 0 Å². The first-order valence-electron chi connectivity index (χ1n) is 4.81. The maximum Gasteiger partial charge on any atom is 0.121 e. The van der Waals surface area contributed by atoms with Gasteiger partial charge in [0.1, 0.15) is 5.75 Å². The molecule has 0 saturated heterocycles. The Balaban J connectivity index is 2.55. The molecule has 0 saturated carbocycles. The van der Waals surface area contributed by atoms with Crippen LogP contribution in [0, 0.1) is 6.92 Å². The van der Waals surface area contributed by atoms with Gasteiger partial charge in [0.2, 0.25) is 0 Å². The molecule has 0 unspecified atom stereocenters. The highest BCUT2D eigenvalue weighted by Gasteiger charge is 1.99. The normalized spacial score (nSPS) is 10.1. The second-order valence-electron chi connectivity index (χ2n) is 3.42. The Morgan fingerprint density at radius 2 is 2.27 bits per heavy atom. The predicted molar refractivity (Wildman–Crippen MR) is 64.4 cm³/mol. The summed E-state index contributed by atoms with van der Waals surface area (Å²) in [5, 5.41) is 3.82. The van der Waals surface area contributed by atoms with Crippen LogP contribution in [0.4, 0.5) is 0 Å². The van der Waals surface area contributed by atoms with E-state index in [4.69, 9.17) is 16.3 Å². The summed E-state index contributed by atoms with van der Waals surface area (Å²) in [5.74, 6) is 0.917. The first-order valence-corrected chi connectivity index (χ1v) is 5.19. The summed E-state index contributed by atoms with van der Waals surface area (Å²) in [6.45, 7) is 7.06. The number of nitrogens with one attached hydrogen (secondary N) is 1. The van der Waals surface area contributed by atoms with Crippen LogP contribution in [0.25, 0.3) is 0 Å². The number of methoxy groups -OCH3 is 1. The Hall–Kier alpha value is -0.990. The van der Waals surface area contributed by atoms with Gasteiger partial charge in [0, 0.05) is 18.1 Å². The van der Waals surface area contributed by atoms with E-state index in [1.807, 2.05) is 19.1 Å². The van der Waals surface area contributed by atoms with E-state index in [0.29, 0.717) is 11.6 Å². The van der Waals surface area contributed by atoms with Gasteiger partial charge in [-0.1, -0.05) is 30.3 Å². The van der Waals surface area contributed by atoms with Crippen LogP contribution in [0.5, 0.6) is 5.75 Å². The molecule has 0 heterocycles. The molecule has 15 heavy (non-hydrogen) atoms.